The average molecular weight is 385 g/mol. The van der Waals surface area contributed by atoms with Gasteiger partial charge in [-0.15, -0.1) is 0 Å². The molecule has 0 aromatic carbocycles. The van der Waals surface area contributed by atoms with Crippen molar-refractivity contribution in [3.63, 3.8) is 0 Å². The van der Waals surface area contributed by atoms with Crippen LogP contribution < -0.4 is 21.2 Å². The normalized spacial score (nSPS) is 20.2. The van der Waals surface area contributed by atoms with E-state index in [9.17, 15) is 0 Å². The Kier molecular flexibility index (Phi) is 3.47. The van der Waals surface area contributed by atoms with Gasteiger partial charge in [-0.1, -0.05) is 0 Å². The molecule has 2 aromatic rings. The summed E-state index contributed by atoms with van der Waals surface area (Å²) in [7, 11) is 0. The van der Waals surface area contributed by atoms with Crippen LogP contribution >= 0.6 is 11.3 Å². The van der Waals surface area contributed by atoms with Gasteiger partial charge in [0.05, 0.1) is 0 Å². The summed E-state index contributed by atoms with van der Waals surface area (Å²) in [5.41, 5.74) is 1.62. The first-order chi connectivity index (χ1) is 9.42. The molecular formula is C15H18IN2S-. The van der Waals surface area contributed by atoms with Gasteiger partial charge in [-0.05, 0) is 0 Å². The predicted octanol–water partition coefficient (Wildman–Crippen LogP) is 0.771. The molecular weight excluding hydrogens is 367 g/mol. The summed E-state index contributed by atoms with van der Waals surface area (Å²) in [4.78, 5) is 12.1. The standard InChI is InChI=1S/C15H18IN2S/c1-2-5-10(6-3-1)16-14-13-11-7-4-8-12(11)19-15(13)18-9-17-14/h9-10H,1-8H2/q-1. The third kappa shape index (κ3) is 2.31. The van der Waals surface area contributed by atoms with Crippen LogP contribution in [0.2, 0.25) is 0 Å². The number of aryl methyl sites for hydroxylation is 2. The van der Waals surface area contributed by atoms with Crippen molar-refractivity contribution in [1.82, 2.24) is 9.97 Å². The average Bonchev–Trinajstić information content (AvgIpc) is 3.00. The Hall–Kier alpha value is -0.230. The molecule has 4 heteroatoms. The number of alkyl halides is 1. The zero-order chi connectivity index (χ0) is 12.7. The Morgan fingerprint density at radius 1 is 1.05 bits per heavy atom. The van der Waals surface area contributed by atoms with Gasteiger partial charge in [0.2, 0.25) is 0 Å². The van der Waals surface area contributed by atoms with Gasteiger partial charge in [-0.25, -0.2) is 0 Å². The van der Waals surface area contributed by atoms with Crippen LogP contribution in [0.15, 0.2) is 6.33 Å². The second-order valence-electron chi connectivity index (χ2n) is 5.55. The van der Waals surface area contributed by atoms with Crippen molar-refractivity contribution in [1.29, 1.82) is 0 Å². The fraction of sp³-hybridized carbons (Fsp3) is 0.600. The SMILES string of the molecule is c1nc([I-]C2CCCCC2)c2c3c(sc2n1)CCC3. The second-order valence-corrected chi connectivity index (χ2v) is 10.0. The number of rotatable bonds is 2. The summed E-state index contributed by atoms with van der Waals surface area (Å²) in [5.74, 6) is 0. The van der Waals surface area contributed by atoms with E-state index >= 15 is 0 Å². The zero-order valence-corrected chi connectivity index (χ0v) is 14.0. The van der Waals surface area contributed by atoms with Crippen molar-refractivity contribution in [2.24, 2.45) is 0 Å². The van der Waals surface area contributed by atoms with Crippen LogP contribution in [-0.4, -0.2) is 13.9 Å². The second kappa shape index (κ2) is 5.28. The third-order valence-corrected chi connectivity index (χ3v) is 8.98. The number of halogens is 1. The molecule has 0 amide bonds. The Morgan fingerprint density at radius 3 is 2.84 bits per heavy atom. The van der Waals surface area contributed by atoms with Crippen LogP contribution in [0, 0.1) is 3.70 Å². The van der Waals surface area contributed by atoms with E-state index in [2.05, 4.69) is 4.98 Å². The molecule has 0 atom stereocenters. The molecule has 2 aromatic heterocycles. The van der Waals surface area contributed by atoms with E-state index in [4.69, 9.17) is 4.98 Å². The molecule has 2 aliphatic carbocycles. The Morgan fingerprint density at radius 2 is 1.95 bits per heavy atom. The van der Waals surface area contributed by atoms with Crippen molar-refractivity contribution in [3.05, 3.63) is 20.5 Å². The summed E-state index contributed by atoms with van der Waals surface area (Å²) in [6.45, 7) is 0. The van der Waals surface area contributed by atoms with E-state index in [0.29, 0.717) is 0 Å². The van der Waals surface area contributed by atoms with Crippen LogP contribution in [0.1, 0.15) is 49.0 Å². The quantitative estimate of drug-likeness (QED) is 0.434. The molecule has 0 N–H and O–H groups in total. The molecule has 102 valence electrons. The maximum absolute atomic E-state index is 4.70. The number of hydrogen-bond donors (Lipinski definition) is 0. The maximum atomic E-state index is 4.70. The summed E-state index contributed by atoms with van der Waals surface area (Å²) < 4.78 is 2.43. The van der Waals surface area contributed by atoms with Crippen molar-refractivity contribution in [2.75, 3.05) is 0 Å². The number of hydrogen-bond acceptors (Lipinski definition) is 3. The number of thiophene rings is 1. The van der Waals surface area contributed by atoms with Gasteiger partial charge >= 0.3 is 128 Å². The van der Waals surface area contributed by atoms with E-state index in [-0.39, 0.29) is 21.2 Å². The van der Waals surface area contributed by atoms with Crippen LogP contribution in [0.3, 0.4) is 0 Å². The Labute approximate surface area is 128 Å². The monoisotopic (exact) mass is 385 g/mol. The molecule has 2 aliphatic rings. The fourth-order valence-electron chi connectivity index (χ4n) is 3.28. The van der Waals surface area contributed by atoms with E-state index in [1.807, 2.05) is 17.7 Å². The third-order valence-electron chi connectivity index (χ3n) is 4.25. The summed E-state index contributed by atoms with van der Waals surface area (Å²) in [5, 5.41) is 1.48. The van der Waals surface area contributed by atoms with Crippen LogP contribution in [-0.2, 0) is 12.8 Å². The Bertz CT molecular complexity index is 601. The minimum atomic E-state index is 0.0772. The van der Waals surface area contributed by atoms with E-state index in [1.165, 1.54) is 65.3 Å². The summed E-state index contributed by atoms with van der Waals surface area (Å²) in [6.07, 6.45) is 12.9. The first kappa shape index (κ1) is 12.5. The van der Waals surface area contributed by atoms with Gasteiger partial charge in [-0.2, -0.15) is 0 Å². The van der Waals surface area contributed by atoms with Crippen LogP contribution in [0.25, 0.3) is 10.2 Å². The topological polar surface area (TPSA) is 25.8 Å². The molecule has 0 saturated heterocycles. The van der Waals surface area contributed by atoms with Crippen molar-refractivity contribution in [2.45, 2.75) is 55.3 Å². The van der Waals surface area contributed by atoms with Crippen LogP contribution in [0.4, 0.5) is 0 Å². The zero-order valence-electron chi connectivity index (χ0n) is 11.0. The molecule has 0 aliphatic heterocycles. The minimum absolute atomic E-state index is 0.0772. The fourth-order valence-corrected chi connectivity index (χ4v) is 8.21. The van der Waals surface area contributed by atoms with E-state index in [1.54, 1.807) is 10.4 Å². The first-order valence-corrected chi connectivity index (χ1v) is 10.4. The number of aromatic nitrogens is 2. The summed E-state index contributed by atoms with van der Waals surface area (Å²) in [6, 6.07) is 0. The molecule has 4 rings (SSSR count). The number of fused-ring (bicyclic) bond motifs is 3. The molecule has 0 unspecified atom stereocenters. The van der Waals surface area contributed by atoms with Crippen molar-refractivity contribution < 1.29 is 21.2 Å². The molecule has 2 heterocycles. The van der Waals surface area contributed by atoms with Gasteiger partial charge in [0.1, 0.15) is 0 Å². The van der Waals surface area contributed by atoms with Gasteiger partial charge in [0.25, 0.3) is 0 Å². The first-order valence-electron chi connectivity index (χ1n) is 7.30. The molecule has 0 spiro atoms. The van der Waals surface area contributed by atoms with Crippen molar-refractivity contribution in [3.8, 4) is 0 Å². The molecule has 0 radical (unpaired) electrons. The summed E-state index contributed by atoms with van der Waals surface area (Å²) >= 11 is 2.01. The van der Waals surface area contributed by atoms with Gasteiger partial charge in [0.15, 0.2) is 0 Å². The van der Waals surface area contributed by atoms with Crippen molar-refractivity contribution >= 4 is 21.6 Å². The van der Waals surface area contributed by atoms with E-state index in [0.717, 1.165) is 3.92 Å². The molecule has 19 heavy (non-hydrogen) atoms. The van der Waals surface area contributed by atoms with Gasteiger partial charge in [0, 0.05) is 0 Å². The molecule has 0 bridgehead atoms. The number of nitrogens with zero attached hydrogens (tertiary/aromatic N) is 2. The van der Waals surface area contributed by atoms with Gasteiger partial charge in [-0.3, -0.25) is 0 Å². The van der Waals surface area contributed by atoms with Crippen LogP contribution in [0.5, 0.6) is 0 Å². The Balaban J connectivity index is 1.72. The van der Waals surface area contributed by atoms with Gasteiger partial charge < -0.3 is 0 Å². The molecule has 2 nitrogen and oxygen atoms in total. The molecule has 1 fully saturated rings. The van der Waals surface area contributed by atoms with E-state index < -0.39 is 0 Å². The molecule has 1 saturated carbocycles. The predicted molar refractivity (Wildman–Crippen MR) is 75.0 cm³/mol.